The van der Waals surface area contributed by atoms with E-state index in [1.807, 2.05) is 0 Å². The molecular formula is H5NaO10S2. The first kappa shape index (κ1) is 19.3. The zero-order valence-electron chi connectivity index (χ0n) is 5.05. The summed E-state index contributed by atoms with van der Waals surface area (Å²) in [5.41, 5.74) is 0. The molecule has 0 fully saturated rings. The van der Waals surface area contributed by atoms with Crippen molar-refractivity contribution in [3.63, 3.8) is 0 Å². The maximum absolute atomic E-state index is 9.08. The van der Waals surface area contributed by atoms with Crippen molar-refractivity contribution in [1.82, 2.24) is 0 Å². The van der Waals surface area contributed by atoms with Crippen LogP contribution in [0.2, 0.25) is 0 Å². The topological polar surface area (TPSA) is 168 Å². The molecule has 0 amide bonds. The van der Waals surface area contributed by atoms with E-state index in [9.17, 15) is 0 Å². The van der Waals surface area contributed by atoms with Crippen LogP contribution in [-0.2, 0) is 29.5 Å². The molecule has 0 aromatic rings. The standard InChI is InChI=1S/Na.2H2O5S.H/c;2*1-5-6(2,3)4;/h;2*1H,(H,2,3,4);. The molecule has 10 nitrogen and oxygen atoms in total. The Kier molecular flexibility index (Phi) is 11.9. The predicted molar refractivity (Wildman–Crippen MR) is 37.7 cm³/mol. The van der Waals surface area contributed by atoms with Crippen molar-refractivity contribution in [3.05, 3.63) is 0 Å². The Balaban J connectivity index is -0.000000143. The van der Waals surface area contributed by atoms with E-state index in [0.29, 0.717) is 0 Å². The van der Waals surface area contributed by atoms with Crippen LogP contribution < -0.4 is 0 Å². The molecule has 0 aromatic heterocycles. The average molecular weight is 252 g/mol. The van der Waals surface area contributed by atoms with Gasteiger partial charge in [0.15, 0.2) is 0 Å². The summed E-state index contributed by atoms with van der Waals surface area (Å²) >= 11 is 0. The van der Waals surface area contributed by atoms with Crippen molar-refractivity contribution in [2.24, 2.45) is 0 Å². The van der Waals surface area contributed by atoms with Gasteiger partial charge >= 0.3 is 50.4 Å². The Morgan fingerprint density at radius 1 is 0.769 bits per heavy atom. The molecule has 0 aliphatic heterocycles. The summed E-state index contributed by atoms with van der Waals surface area (Å²) in [6.45, 7) is 0. The van der Waals surface area contributed by atoms with E-state index >= 15 is 0 Å². The van der Waals surface area contributed by atoms with Gasteiger partial charge in [0.05, 0.1) is 0 Å². The Bertz CT molecular complexity index is 249. The fraction of sp³-hybridized carbons (Fsp3) is 0. The van der Waals surface area contributed by atoms with Gasteiger partial charge in [0.1, 0.15) is 0 Å². The van der Waals surface area contributed by atoms with Gasteiger partial charge < -0.3 is 0 Å². The van der Waals surface area contributed by atoms with Gasteiger partial charge in [0.2, 0.25) is 0 Å². The van der Waals surface area contributed by atoms with Gasteiger partial charge in [0, 0.05) is 0 Å². The van der Waals surface area contributed by atoms with Crippen LogP contribution in [0, 0.1) is 0 Å². The van der Waals surface area contributed by atoms with Crippen LogP contribution in [0.3, 0.4) is 0 Å². The van der Waals surface area contributed by atoms with Crippen LogP contribution in [0.25, 0.3) is 0 Å². The third kappa shape index (κ3) is 32.4. The molecule has 0 heterocycles. The molecule has 0 spiro atoms. The number of hydrogen-bond donors (Lipinski definition) is 4. The van der Waals surface area contributed by atoms with Crippen molar-refractivity contribution in [2.75, 3.05) is 0 Å². The molecule has 13 heteroatoms. The number of rotatable bonds is 2. The SMILES string of the molecule is O=S(=O)(O)OO.O=S(=O)(O)OO.[NaH]. The van der Waals surface area contributed by atoms with Gasteiger partial charge in [-0.1, -0.05) is 8.67 Å². The van der Waals surface area contributed by atoms with Crippen LogP contribution in [0.15, 0.2) is 0 Å². The van der Waals surface area contributed by atoms with E-state index in [4.69, 9.17) is 36.5 Å². The quantitative estimate of drug-likeness (QED) is 0.185. The molecule has 13 heavy (non-hydrogen) atoms. The molecule has 4 N–H and O–H groups in total. The Morgan fingerprint density at radius 2 is 0.846 bits per heavy atom. The minimum atomic E-state index is -4.61. The van der Waals surface area contributed by atoms with Gasteiger partial charge in [-0.2, -0.15) is 16.8 Å². The van der Waals surface area contributed by atoms with E-state index in [1.54, 1.807) is 0 Å². The summed E-state index contributed by atoms with van der Waals surface area (Å²) in [7, 11) is -9.21. The first-order chi connectivity index (χ1) is 5.12. The summed E-state index contributed by atoms with van der Waals surface area (Å²) in [5.74, 6) is 0. The maximum atomic E-state index is 9.08. The van der Waals surface area contributed by atoms with Crippen LogP contribution in [0.5, 0.6) is 0 Å². The van der Waals surface area contributed by atoms with E-state index in [-0.39, 0.29) is 29.6 Å². The molecule has 0 saturated heterocycles. The van der Waals surface area contributed by atoms with E-state index in [0.717, 1.165) is 0 Å². The van der Waals surface area contributed by atoms with E-state index in [2.05, 4.69) is 8.67 Å². The first-order valence-corrected chi connectivity index (χ1v) is 4.46. The molecule has 0 bridgehead atoms. The van der Waals surface area contributed by atoms with Crippen LogP contribution in [-0.4, -0.2) is 66.0 Å². The summed E-state index contributed by atoms with van der Waals surface area (Å²) in [6, 6.07) is 0. The second-order valence-corrected chi connectivity index (χ2v) is 3.01. The normalized spacial score (nSPS) is 10.8. The molecule has 0 aromatic carbocycles. The molecule has 0 unspecified atom stereocenters. The average Bonchev–Trinajstić information content (AvgIpc) is 1.86. The summed E-state index contributed by atoms with van der Waals surface area (Å²) in [5, 5.41) is 14.1. The van der Waals surface area contributed by atoms with Crippen LogP contribution >= 0.6 is 0 Å². The predicted octanol–water partition coefficient (Wildman–Crippen LogP) is -2.09. The van der Waals surface area contributed by atoms with Gasteiger partial charge in [-0.25, -0.2) is 10.5 Å². The summed E-state index contributed by atoms with van der Waals surface area (Å²) in [4.78, 5) is 0. The second-order valence-electron chi connectivity index (χ2n) is 1.00. The first-order valence-electron chi connectivity index (χ1n) is 1.73. The fourth-order valence-corrected chi connectivity index (χ4v) is 0. The fourth-order valence-electron chi connectivity index (χ4n) is 0. The van der Waals surface area contributed by atoms with Crippen molar-refractivity contribution < 1.29 is 45.1 Å². The zero-order valence-corrected chi connectivity index (χ0v) is 6.69. The van der Waals surface area contributed by atoms with Gasteiger partial charge in [0.25, 0.3) is 0 Å². The van der Waals surface area contributed by atoms with Gasteiger partial charge in [-0.3, -0.25) is 9.11 Å². The van der Waals surface area contributed by atoms with E-state index in [1.165, 1.54) is 0 Å². The molecule has 0 rings (SSSR count). The molecule has 78 valence electrons. The minimum absolute atomic E-state index is 0. The molecule has 0 aliphatic carbocycles. The van der Waals surface area contributed by atoms with Crippen molar-refractivity contribution in [3.8, 4) is 0 Å². The van der Waals surface area contributed by atoms with Crippen molar-refractivity contribution in [1.29, 1.82) is 0 Å². The second kappa shape index (κ2) is 8.01. The molecule has 0 atom stereocenters. The Hall–Kier alpha value is 0.660. The van der Waals surface area contributed by atoms with Crippen LogP contribution in [0.1, 0.15) is 0 Å². The monoisotopic (exact) mass is 252 g/mol. The van der Waals surface area contributed by atoms with Crippen molar-refractivity contribution >= 4 is 50.4 Å². The third-order valence-electron chi connectivity index (χ3n) is 0.188. The molecular weight excluding hydrogens is 247 g/mol. The van der Waals surface area contributed by atoms with Crippen molar-refractivity contribution in [2.45, 2.75) is 0 Å². The van der Waals surface area contributed by atoms with Gasteiger partial charge in [-0.05, 0) is 0 Å². The van der Waals surface area contributed by atoms with E-state index < -0.39 is 20.8 Å². The van der Waals surface area contributed by atoms with Crippen LogP contribution in [0.4, 0.5) is 0 Å². The number of hydrogen-bond acceptors (Lipinski definition) is 8. The third-order valence-corrected chi connectivity index (χ3v) is 0.565. The Morgan fingerprint density at radius 3 is 0.846 bits per heavy atom. The molecule has 0 aliphatic rings. The molecule has 0 radical (unpaired) electrons. The van der Waals surface area contributed by atoms with Gasteiger partial charge in [-0.15, -0.1) is 0 Å². The molecule has 0 saturated carbocycles. The summed E-state index contributed by atoms with van der Waals surface area (Å²) < 4.78 is 55.9. The summed E-state index contributed by atoms with van der Waals surface area (Å²) in [6.07, 6.45) is 0. The zero-order chi connectivity index (χ0) is 10.4. The Labute approximate surface area is 95.1 Å².